The van der Waals surface area contributed by atoms with Gasteiger partial charge < -0.3 is 10.0 Å². The Morgan fingerprint density at radius 1 is 1.26 bits per heavy atom. The average molecular weight is 263 g/mol. The van der Waals surface area contributed by atoms with Crippen LogP contribution in [-0.4, -0.2) is 34.2 Å². The molecule has 1 amide bonds. The maximum atomic E-state index is 11.7. The van der Waals surface area contributed by atoms with Crippen molar-refractivity contribution in [2.45, 2.75) is 26.4 Å². The fourth-order valence-electron chi connectivity index (χ4n) is 1.96. The highest BCUT2D eigenvalue weighted by molar-refractivity contribution is 6.35. The molecular formula is C14H17NO4. The first-order valence-corrected chi connectivity index (χ1v) is 5.99. The van der Waals surface area contributed by atoms with Crippen molar-refractivity contribution in [1.29, 1.82) is 0 Å². The number of hydrogen-bond donors (Lipinski definition) is 1. The number of hydrogen-bond acceptors (Lipinski definition) is 3. The molecule has 0 saturated heterocycles. The van der Waals surface area contributed by atoms with Crippen molar-refractivity contribution in [1.82, 2.24) is 4.90 Å². The van der Waals surface area contributed by atoms with Crippen LogP contribution in [0.4, 0.5) is 0 Å². The molecule has 0 spiro atoms. The van der Waals surface area contributed by atoms with E-state index in [0.29, 0.717) is 6.41 Å². The zero-order chi connectivity index (χ0) is 14.4. The summed E-state index contributed by atoms with van der Waals surface area (Å²) in [6, 6.07) is 8.17. The number of carbonyl (C=O) groups is 3. The fraction of sp³-hybridized carbons (Fsp3) is 0.357. The van der Waals surface area contributed by atoms with Crippen LogP contribution >= 0.6 is 0 Å². The average Bonchev–Trinajstić information content (AvgIpc) is 2.38. The molecule has 0 aliphatic rings. The van der Waals surface area contributed by atoms with Crippen LogP contribution in [0.15, 0.2) is 30.3 Å². The van der Waals surface area contributed by atoms with Gasteiger partial charge in [0.05, 0.1) is 0 Å². The molecule has 0 radical (unpaired) electrons. The van der Waals surface area contributed by atoms with Crippen molar-refractivity contribution in [2.24, 2.45) is 5.92 Å². The van der Waals surface area contributed by atoms with E-state index in [1.807, 2.05) is 30.3 Å². The van der Waals surface area contributed by atoms with Gasteiger partial charge in [-0.3, -0.25) is 9.59 Å². The second-order valence-corrected chi connectivity index (χ2v) is 4.62. The standard InChI is InChI=1S/C14H17NO4/c1-10(2)12(13(17)14(18)19)15(9-16)8-11-6-4-3-5-7-11/h3-7,9-10,12H,8H2,1-2H3,(H,18,19). The van der Waals surface area contributed by atoms with Crippen LogP contribution in [0.2, 0.25) is 0 Å². The fourth-order valence-corrected chi connectivity index (χ4v) is 1.96. The van der Waals surface area contributed by atoms with Crippen molar-refractivity contribution in [3.8, 4) is 0 Å². The lowest BCUT2D eigenvalue weighted by Crippen LogP contribution is -2.46. The van der Waals surface area contributed by atoms with E-state index in [1.165, 1.54) is 4.90 Å². The Hall–Kier alpha value is -2.17. The topological polar surface area (TPSA) is 74.7 Å². The van der Waals surface area contributed by atoms with Crippen molar-refractivity contribution < 1.29 is 19.5 Å². The minimum atomic E-state index is -1.52. The first kappa shape index (κ1) is 14.9. The number of aliphatic carboxylic acids is 1. The summed E-state index contributed by atoms with van der Waals surface area (Å²) in [6.45, 7) is 3.65. The molecule has 0 aliphatic heterocycles. The van der Waals surface area contributed by atoms with Crippen molar-refractivity contribution >= 4 is 18.2 Å². The number of nitrogens with zero attached hydrogens (tertiary/aromatic N) is 1. The van der Waals surface area contributed by atoms with Crippen LogP contribution in [0.25, 0.3) is 0 Å². The van der Waals surface area contributed by atoms with Gasteiger partial charge in [0.25, 0.3) is 5.78 Å². The van der Waals surface area contributed by atoms with Crippen LogP contribution < -0.4 is 0 Å². The van der Waals surface area contributed by atoms with Gasteiger partial charge in [0.1, 0.15) is 6.04 Å². The third-order valence-corrected chi connectivity index (χ3v) is 2.81. The quantitative estimate of drug-likeness (QED) is 0.594. The summed E-state index contributed by atoms with van der Waals surface area (Å²) in [5.41, 5.74) is 0.846. The summed E-state index contributed by atoms with van der Waals surface area (Å²) in [5.74, 6) is -2.74. The summed E-state index contributed by atoms with van der Waals surface area (Å²) >= 11 is 0. The Kier molecular flexibility index (Phi) is 5.23. The van der Waals surface area contributed by atoms with Crippen LogP contribution in [-0.2, 0) is 20.9 Å². The van der Waals surface area contributed by atoms with E-state index in [4.69, 9.17) is 5.11 Å². The van der Waals surface area contributed by atoms with E-state index in [-0.39, 0.29) is 12.5 Å². The van der Waals surface area contributed by atoms with Crippen molar-refractivity contribution in [2.75, 3.05) is 0 Å². The largest absolute Gasteiger partial charge is 0.475 e. The van der Waals surface area contributed by atoms with Gasteiger partial charge in [-0.15, -0.1) is 0 Å². The molecule has 1 aromatic carbocycles. The Balaban J connectivity index is 2.95. The van der Waals surface area contributed by atoms with Gasteiger partial charge in [0, 0.05) is 6.54 Å². The van der Waals surface area contributed by atoms with Crippen LogP contribution in [0.3, 0.4) is 0 Å². The minimum Gasteiger partial charge on any atom is -0.475 e. The second-order valence-electron chi connectivity index (χ2n) is 4.62. The lowest BCUT2D eigenvalue weighted by molar-refractivity contribution is -0.153. The van der Waals surface area contributed by atoms with E-state index in [9.17, 15) is 14.4 Å². The Morgan fingerprint density at radius 2 is 1.84 bits per heavy atom. The van der Waals surface area contributed by atoms with Crippen LogP contribution in [0.5, 0.6) is 0 Å². The summed E-state index contributed by atoms with van der Waals surface area (Å²) in [5, 5.41) is 8.82. The summed E-state index contributed by atoms with van der Waals surface area (Å²) < 4.78 is 0. The van der Waals surface area contributed by atoms with Gasteiger partial charge in [0.15, 0.2) is 0 Å². The van der Waals surface area contributed by atoms with Gasteiger partial charge in [0.2, 0.25) is 6.41 Å². The maximum Gasteiger partial charge on any atom is 0.374 e. The van der Waals surface area contributed by atoms with E-state index in [1.54, 1.807) is 13.8 Å². The van der Waals surface area contributed by atoms with Gasteiger partial charge in [-0.05, 0) is 11.5 Å². The number of ketones is 1. The Bertz CT molecular complexity index is 456. The smallest absolute Gasteiger partial charge is 0.374 e. The highest BCUT2D eigenvalue weighted by atomic mass is 16.4. The van der Waals surface area contributed by atoms with E-state index in [0.717, 1.165) is 5.56 Å². The van der Waals surface area contributed by atoms with Crippen LogP contribution in [0, 0.1) is 5.92 Å². The highest BCUT2D eigenvalue weighted by Gasteiger charge is 2.32. The molecule has 0 saturated carbocycles. The monoisotopic (exact) mass is 263 g/mol. The Morgan fingerprint density at radius 3 is 2.26 bits per heavy atom. The molecular weight excluding hydrogens is 246 g/mol. The summed E-state index contributed by atoms with van der Waals surface area (Å²) in [6.07, 6.45) is 0.526. The number of amides is 1. The van der Waals surface area contributed by atoms with Gasteiger partial charge in [-0.1, -0.05) is 44.2 Å². The molecule has 0 aliphatic carbocycles. The minimum absolute atomic E-state index is 0.214. The summed E-state index contributed by atoms with van der Waals surface area (Å²) in [7, 11) is 0. The molecule has 102 valence electrons. The predicted octanol–water partition coefficient (Wildman–Crippen LogP) is 1.32. The molecule has 19 heavy (non-hydrogen) atoms. The SMILES string of the molecule is CC(C)C(C(=O)C(=O)O)N(C=O)Cc1ccccc1. The number of carbonyl (C=O) groups excluding carboxylic acids is 2. The molecule has 5 heteroatoms. The zero-order valence-electron chi connectivity index (χ0n) is 10.9. The number of carboxylic acid groups (broad SMARTS) is 1. The molecule has 1 N–H and O–H groups in total. The van der Waals surface area contributed by atoms with E-state index < -0.39 is 17.8 Å². The molecule has 5 nitrogen and oxygen atoms in total. The number of carboxylic acids is 1. The molecule has 0 aromatic heterocycles. The second kappa shape index (κ2) is 6.68. The number of benzene rings is 1. The number of rotatable bonds is 7. The molecule has 1 aromatic rings. The molecule has 1 rings (SSSR count). The lowest BCUT2D eigenvalue weighted by atomic mass is 9.98. The van der Waals surface area contributed by atoms with Gasteiger partial charge >= 0.3 is 5.97 Å². The zero-order valence-corrected chi connectivity index (χ0v) is 10.9. The van der Waals surface area contributed by atoms with E-state index >= 15 is 0 Å². The lowest BCUT2D eigenvalue weighted by Gasteiger charge is -2.29. The first-order chi connectivity index (χ1) is 8.97. The first-order valence-electron chi connectivity index (χ1n) is 5.99. The van der Waals surface area contributed by atoms with Gasteiger partial charge in [-0.25, -0.2) is 4.79 Å². The molecule has 0 fully saturated rings. The maximum absolute atomic E-state index is 11.7. The molecule has 0 bridgehead atoms. The summed E-state index contributed by atoms with van der Waals surface area (Å²) in [4.78, 5) is 34.9. The third-order valence-electron chi connectivity index (χ3n) is 2.81. The molecule has 1 unspecified atom stereocenters. The Labute approximate surface area is 111 Å². The highest BCUT2D eigenvalue weighted by Crippen LogP contribution is 2.14. The molecule has 0 heterocycles. The van der Waals surface area contributed by atoms with Crippen molar-refractivity contribution in [3.05, 3.63) is 35.9 Å². The van der Waals surface area contributed by atoms with E-state index in [2.05, 4.69) is 0 Å². The van der Waals surface area contributed by atoms with Gasteiger partial charge in [-0.2, -0.15) is 0 Å². The normalized spacial score (nSPS) is 11.9. The number of Topliss-reactive ketones (excluding diaryl/α,β-unsaturated/α-hetero) is 1. The van der Waals surface area contributed by atoms with Crippen molar-refractivity contribution in [3.63, 3.8) is 0 Å². The molecule has 1 atom stereocenters. The predicted molar refractivity (Wildman–Crippen MR) is 69.3 cm³/mol. The van der Waals surface area contributed by atoms with Crippen LogP contribution in [0.1, 0.15) is 19.4 Å². The third kappa shape index (κ3) is 3.91.